The highest BCUT2D eigenvalue weighted by Crippen LogP contribution is 2.33. The zero-order valence-electron chi connectivity index (χ0n) is 12.8. The fourth-order valence-electron chi connectivity index (χ4n) is 2.42. The molecular weight excluding hydrogens is 296 g/mol. The van der Waals surface area contributed by atoms with Crippen LogP contribution in [0.2, 0.25) is 0 Å². The van der Waals surface area contributed by atoms with Crippen LogP contribution in [-0.2, 0) is 18.8 Å². The van der Waals surface area contributed by atoms with Crippen LogP contribution in [0.15, 0.2) is 0 Å². The average Bonchev–Trinajstić information content (AvgIpc) is 2.38. The highest BCUT2D eigenvalue weighted by molar-refractivity contribution is 7.82. The van der Waals surface area contributed by atoms with E-state index in [1.165, 1.54) is 44.9 Å². The highest BCUT2D eigenvalue weighted by Gasteiger charge is 2.56. The molecular formula is C14H28O6S. The average molecular weight is 324 g/mol. The fourth-order valence-corrected chi connectivity index (χ4v) is 3.24. The number of unbranched alkanes of at least 4 members (excludes halogenated alkanes) is 9. The second-order valence-electron chi connectivity index (χ2n) is 5.69. The van der Waals surface area contributed by atoms with E-state index in [-0.39, 0.29) is 6.42 Å². The monoisotopic (exact) mass is 324 g/mol. The molecule has 0 spiro atoms. The summed E-state index contributed by atoms with van der Waals surface area (Å²) in [6, 6.07) is 0. The van der Waals surface area contributed by atoms with Crippen molar-refractivity contribution in [1.29, 1.82) is 0 Å². The molecule has 0 bridgehead atoms. The van der Waals surface area contributed by atoms with Gasteiger partial charge in [0.05, 0.1) is 0 Å². The van der Waals surface area contributed by atoms with Crippen LogP contribution in [0, 0.1) is 0 Å². The Balaban J connectivity index is 1.93. The van der Waals surface area contributed by atoms with E-state index in [4.69, 9.17) is 0 Å². The minimum absolute atomic E-state index is 0.252. The molecule has 6 nitrogen and oxygen atoms in total. The minimum atomic E-state index is -4.10. The van der Waals surface area contributed by atoms with Crippen molar-refractivity contribution in [3.63, 3.8) is 0 Å². The van der Waals surface area contributed by atoms with Gasteiger partial charge in [0.2, 0.25) is 0 Å². The van der Waals surface area contributed by atoms with E-state index in [0.717, 1.165) is 12.8 Å². The summed E-state index contributed by atoms with van der Waals surface area (Å²) in [7, 11) is -4.10. The molecule has 126 valence electrons. The van der Waals surface area contributed by atoms with Gasteiger partial charge in [-0.2, -0.15) is 16.8 Å². The van der Waals surface area contributed by atoms with Gasteiger partial charge in [-0.1, -0.05) is 71.1 Å². The van der Waals surface area contributed by atoms with Gasteiger partial charge in [0.15, 0.2) is 0 Å². The Bertz CT molecular complexity index is 369. The Kier molecular flexibility index (Phi) is 8.12. The van der Waals surface area contributed by atoms with Gasteiger partial charge in [-0.3, -0.25) is 0 Å². The molecule has 1 aliphatic heterocycles. The summed E-state index contributed by atoms with van der Waals surface area (Å²) in [4.78, 5) is 0. The molecule has 1 aliphatic rings. The van der Waals surface area contributed by atoms with Crippen LogP contribution in [0.25, 0.3) is 0 Å². The zero-order chi connectivity index (χ0) is 15.8. The standard InChI is InChI=1S/C14H28O6S/c1-2-3-4-5-6-7-8-9-10-11-12-13(15)14(16)19-21(17,18)20-14/h13,15-16H,2-12H2,1H3. The van der Waals surface area contributed by atoms with Crippen LogP contribution in [0.1, 0.15) is 77.6 Å². The summed E-state index contributed by atoms with van der Waals surface area (Å²) in [5.74, 6) is -2.38. The summed E-state index contributed by atoms with van der Waals surface area (Å²) < 4.78 is 29.6. The third-order valence-electron chi connectivity index (χ3n) is 3.70. The number of hydrogen-bond acceptors (Lipinski definition) is 6. The molecule has 0 aliphatic carbocycles. The first-order valence-corrected chi connectivity index (χ1v) is 9.29. The Morgan fingerprint density at radius 2 is 1.33 bits per heavy atom. The van der Waals surface area contributed by atoms with E-state index in [0.29, 0.717) is 6.42 Å². The number of rotatable bonds is 12. The molecule has 1 heterocycles. The molecule has 21 heavy (non-hydrogen) atoms. The van der Waals surface area contributed by atoms with Crippen LogP contribution in [0.5, 0.6) is 0 Å². The highest BCUT2D eigenvalue weighted by atomic mass is 32.3. The van der Waals surface area contributed by atoms with E-state index < -0.39 is 22.5 Å². The number of aliphatic hydroxyl groups is 2. The van der Waals surface area contributed by atoms with Crippen molar-refractivity contribution in [2.75, 3.05) is 0 Å². The molecule has 0 amide bonds. The summed E-state index contributed by atoms with van der Waals surface area (Å²) in [5, 5.41) is 19.1. The van der Waals surface area contributed by atoms with Gasteiger partial charge in [-0.15, -0.1) is 0 Å². The predicted octanol–water partition coefficient (Wildman–Crippen LogP) is 2.60. The van der Waals surface area contributed by atoms with Crippen molar-refractivity contribution in [1.82, 2.24) is 0 Å². The Labute approximate surface area is 127 Å². The van der Waals surface area contributed by atoms with E-state index >= 15 is 0 Å². The Hall–Kier alpha value is -0.210. The number of aliphatic hydroxyl groups excluding tert-OH is 1. The first-order valence-electron chi connectivity index (χ1n) is 7.96. The second-order valence-corrected chi connectivity index (χ2v) is 6.84. The molecule has 7 heteroatoms. The fraction of sp³-hybridized carbons (Fsp3) is 1.00. The van der Waals surface area contributed by atoms with Crippen LogP contribution >= 0.6 is 0 Å². The lowest BCUT2D eigenvalue weighted by molar-refractivity contribution is -0.367. The second kappa shape index (κ2) is 9.05. The zero-order valence-corrected chi connectivity index (χ0v) is 13.6. The molecule has 1 fully saturated rings. The first-order chi connectivity index (χ1) is 9.90. The maximum Gasteiger partial charge on any atom is 0.409 e. The molecule has 1 rings (SSSR count). The SMILES string of the molecule is CCCCCCCCCCCCC(O)C1(O)OS(=O)(=O)O1. The van der Waals surface area contributed by atoms with Crippen LogP contribution in [-0.4, -0.2) is 30.7 Å². The lowest BCUT2D eigenvalue weighted by atomic mass is 10.0. The third-order valence-corrected chi connectivity index (χ3v) is 4.58. The van der Waals surface area contributed by atoms with Crippen molar-refractivity contribution < 1.29 is 27.0 Å². The van der Waals surface area contributed by atoms with Gasteiger partial charge >= 0.3 is 16.4 Å². The molecule has 1 atom stereocenters. The quantitative estimate of drug-likeness (QED) is 0.536. The molecule has 0 saturated carbocycles. The first kappa shape index (κ1) is 18.8. The molecule has 1 saturated heterocycles. The van der Waals surface area contributed by atoms with Crippen LogP contribution in [0.4, 0.5) is 0 Å². The van der Waals surface area contributed by atoms with Crippen molar-refractivity contribution in [3.05, 3.63) is 0 Å². The lowest BCUT2D eigenvalue weighted by Gasteiger charge is -2.36. The maximum absolute atomic E-state index is 10.6. The van der Waals surface area contributed by atoms with Crippen LogP contribution in [0.3, 0.4) is 0 Å². The Morgan fingerprint density at radius 3 is 1.76 bits per heavy atom. The smallest absolute Gasteiger partial charge is 0.385 e. The van der Waals surface area contributed by atoms with E-state index in [1.807, 2.05) is 0 Å². The summed E-state index contributed by atoms with van der Waals surface area (Å²) >= 11 is 0. The largest absolute Gasteiger partial charge is 0.409 e. The predicted molar refractivity (Wildman–Crippen MR) is 78.5 cm³/mol. The van der Waals surface area contributed by atoms with Crippen LogP contribution < -0.4 is 0 Å². The molecule has 0 aromatic carbocycles. The van der Waals surface area contributed by atoms with Crippen molar-refractivity contribution in [2.24, 2.45) is 0 Å². The van der Waals surface area contributed by atoms with Gasteiger partial charge in [-0.05, 0) is 6.42 Å². The van der Waals surface area contributed by atoms with Gasteiger partial charge in [0.1, 0.15) is 6.10 Å². The summed E-state index contributed by atoms with van der Waals surface area (Å²) in [6.07, 6.45) is 10.5. The lowest BCUT2D eigenvalue weighted by Crippen LogP contribution is -2.58. The summed E-state index contributed by atoms with van der Waals surface area (Å²) in [6.45, 7) is 2.21. The third kappa shape index (κ3) is 7.06. The molecule has 2 N–H and O–H groups in total. The topological polar surface area (TPSA) is 93.1 Å². The van der Waals surface area contributed by atoms with E-state index in [2.05, 4.69) is 15.3 Å². The molecule has 0 radical (unpaired) electrons. The van der Waals surface area contributed by atoms with Crippen molar-refractivity contribution in [2.45, 2.75) is 89.6 Å². The Morgan fingerprint density at radius 1 is 0.905 bits per heavy atom. The van der Waals surface area contributed by atoms with Gasteiger partial charge in [0.25, 0.3) is 0 Å². The van der Waals surface area contributed by atoms with Crippen molar-refractivity contribution >= 4 is 10.4 Å². The normalized spacial score (nSPS) is 20.9. The van der Waals surface area contributed by atoms with Crippen molar-refractivity contribution in [3.8, 4) is 0 Å². The van der Waals surface area contributed by atoms with Gasteiger partial charge in [-0.25, -0.2) is 0 Å². The van der Waals surface area contributed by atoms with Gasteiger partial charge < -0.3 is 10.2 Å². The minimum Gasteiger partial charge on any atom is -0.385 e. The van der Waals surface area contributed by atoms with E-state index in [1.54, 1.807) is 0 Å². The summed E-state index contributed by atoms with van der Waals surface area (Å²) in [5.41, 5.74) is 0. The van der Waals surface area contributed by atoms with Gasteiger partial charge in [0, 0.05) is 0 Å². The van der Waals surface area contributed by atoms with E-state index in [9.17, 15) is 18.6 Å². The molecule has 0 aromatic heterocycles. The molecule has 1 unspecified atom stereocenters. The number of hydrogen-bond donors (Lipinski definition) is 2. The maximum atomic E-state index is 10.6. The molecule has 0 aromatic rings.